The lowest BCUT2D eigenvalue weighted by atomic mass is 10.2. The fraction of sp³-hybridized carbons (Fsp3) is 0.0870. The summed E-state index contributed by atoms with van der Waals surface area (Å²) in [4.78, 5) is 44.4. The van der Waals surface area contributed by atoms with Crippen LogP contribution in [0.5, 0.6) is 11.6 Å². The van der Waals surface area contributed by atoms with E-state index in [1.807, 2.05) is 24.3 Å². The highest BCUT2D eigenvalue weighted by atomic mass is 32.2. The van der Waals surface area contributed by atoms with Gasteiger partial charge in [-0.25, -0.2) is 4.98 Å². The molecule has 0 saturated carbocycles. The van der Waals surface area contributed by atoms with Crippen molar-refractivity contribution in [3.05, 3.63) is 82.9 Å². The first-order chi connectivity index (χ1) is 16.1. The fourth-order valence-corrected chi connectivity index (χ4v) is 3.52. The molecule has 1 saturated heterocycles. The zero-order valence-corrected chi connectivity index (χ0v) is 18.1. The van der Waals surface area contributed by atoms with Crippen LogP contribution in [0, 0.1) is 0 Å². The van der Waals surface area contributed by atoms with Crippen molar-refractivity contribution in [3.63, 3.8) is 0 Å². The van der Waals surface area contributed by atoms with E-state index in [4.69, 9.17) is 4.74 Å². The molecule has 1 aliphatic rings. The molecule has 0 bridgehead atoms. The molecule has 1 aliphatic heterocycles. The standard InChI is InChI=1S/C23H19N5O4S/c29-20(15-7-3-1-4-8-15)24-11-12-25-22-26-16(13-18-21(30)28-23(31)33-18)14-19(27-22)32-17-9-5-2-6-10-17/h1-10,13-14H,11-12H2,(H,24,29)(H,25,26,27)(H,28,30,31)/b18-13+. The molecule has 0 unspecified atom stereocenters. The second-order valence-corrected chi connectivity index (χ2v) is 7.79. The average Bonchev–Trinajstić information content (AvgIpc) is 3.14. The Labute approximate surface area is 193 Å². The number of para-hydroxylation sites is 1. The van der Waals surface area contributed by atoms with Crippen LogP contribution in [0.2, 0.25) is 0 Å². The van der Waals surface area contributed by atoms with E-state index in [0.29, 0.717) is 30.1 Å². The lowest BCUT2D eigenvalue weighted by molar-refractivity contribution is -0.115. The van der Waals surface area contributed by atoms with E-state index in [2.05, 4.69) is 25.9 Å². The second kappa shape index (κ2) is 10.4. The van der Waals surface area contributed by atoms with E-state index in [1.165, 1.54) is 6.08 Å². The number of nitrogens with one attached hydrogen (secondary N) is 3. The van der Waals surface area contributed by atoms with Crippen LogP contribution in [-0.4, -0.2) is 40.1 Å². The number of carbonyl (C=O) groups excluding carboxylic acids is 3. The molecule has 3 amide bonds. The van der Waals surface area contributed by atoms with Crippen molar-refractivity contribution < 1.29 is 19.1 Å². The minimum absolute atomic E-state index is 0.182. The quantitative estimate of drug-likeness (QED) is 0.344. The van der Waals surface area contributed by atoms with Crippen molar-refractivity contribution in [3.8, 4) is 11.6 Å². The number of nitrogens with zero attached hydrogens (tertiary/aromatic N) is 2. The smallest absolute Gasteiger partial charge is 0.290 e. The van der Waals surface area contributed by atoms with Crippen molar-refractivity contribution in [1.29, 1.82) is 0 Å². The molecule has 3 N–H and O–H groups in total. The number of aromatic nitrogens is 2. The lowest BCUT2D eigenvalue weighted by Gasteiger charge is -2.10. The summed E-state index contributed by atoms with van der Waals surface area (Å²) in [5.41, 5.74) is 0.960. The monoisotopic (exact) mass is 461 g/mol. The SMILES string of the molecule is O=C1NC(=O)/C(=C\c2cc(Oc3ccccc3)nc(NCCNC(=O)c3ccccc3)n2)S1. The zero-order valence-electron chi connectivity index (χ0n) is 17.3. The molecule has 0 radical (unpaired) electrons. The molecule has 0 spiro atoms. The molecule has 2 heterocycles. The molecule has 1 fully saturated rings. The number of anilines is 1. The van der Waals surface area contributed by atoms with Gasteiger partial charge in [0, 0.05) is 24.7 Å². The van der Waals surface area contributed by atoms with Crippen molar-refractivity contribution in [1.82, 2.24) is 20.6 Å². The lowest BCUT2D eigenvalue weighted by Crippen LogP contribution is -2.29. The van der Waals surface area contributed by atoms with Crippen LogP contribution in [0.4, 0.5) is 10.7 Å². The summed E-state index contributed by atoms with van der Waals surface area (Å²) in [6, 6.07) is 19.6. The third kappa shape index (κ3) is 6.17. The Kier molecular flexibility index (Phi) is 6.96. The van der Waals surface area contributed by atoms with Gasteiger partial charge in [-0.05, 0) is 42.1 Å². The van der Waals surface area contributed by atoms with Crippen molar-refractivity contribution in [2.75, 3.05) is 18.4 Å². The number of amides is 3. The van der Waals surface area contributed by atoms with Crippen molar-refractivity contribution >= 4 is 40.8 Å². The maximum absolute atomic E-state index is 12.2. The van der Waals surface area contributed by atoms with Gasteiger partial charge in [0.1, 0.15) is 5.75 Å². The van der Waals surface area contributed by atoms with Crippen LogP contribution >= 0.6 is 11.8 Å². The summed E-state index contributed by atoms with van der Waals surface area (Å²) in [7, 11) is 0. The predicted octanol–water partition coefficient (Wildman–Crippen LogP) is 3.43. The number of benzene rings is 2. The summed E-state index contributed by atoms with van der Waals surface area (Å²) in [5, 5.41) is 7.63. The summed E-state index contributed by atoms with van der Waals surface area (Å²) < 4.78 is 5.81. The zero-order chi connectivity index (χ0) is 23.0. The Bertz CT molecular complexity index is 1200. The van der Waals surface area contributed by atoms with Crippen molar-refractivity contribution in [2.45, 2.75) is 0 Å². The van der Waals surface area contributed by atoms with Gasteiger partial charge in [-0.1, -0.05) is 36.4 Å². The molecular formula is C23H19N5O4S. The topological polar surface area (TPSA) is 122 Å². The minimum atomic E-state index is -0.479. The summed E-state index contributed by atoms with van der Waals surface area (Å²) in [6.45, 7) is 0.696. The van der Waals surface area contributed by atoms with Gasteiger partial charge in [0.15, 0.2) is 0 Å². The molecule has 4 rings (SSSR count). The molecule has 3 aromatic rings. The van der Waals surface area contributed by atoms with Gasteiger partial charge < -0.3 is 15.4 Å². The average molecular weight is 462 g/mol. The van der Waals surface area contributed by atoms with Crippen LogP contribution < -0.4 is 20.7 Å². The molecule has 9 nitrogen and oxygen atoms in total. The van der Waals surface area contributed by atoms with Crippen molar-refractivity contribution in [2.24, 2.45) is 0 Å². The summed E-state index contributed by atoms with van der Waals surface area (Å²) in [6.07, 6.45) is 1.49. The molecule has 0 atom stereocenters. The number of thioether (sulfide) groups is 1. The largest absolute Gasteiger partial charge is 0.439 e. The molecule has 33 heavy (non-hydrogen) atoms. The highest BCUT2D eigenvalue weighted by Gasteiger charge is 2.25. The Morgan fingerprint density at radius 3 is 2.42 bits per heavy atom. The first-order valence-corrected chi connectivity index (χ1v) is 10.8. The molecule has 1 aromatic heterocycles. The predicted molar refractivity (Wildman–Crippen MR) is 125 cm³/mol. The van der Waals surface area contributed by atoms with E-state index in [9.17, 15) is 14.4 Å². The van der Waals surface area contributed by atoms with Gasteiger partial charge in [-0.2, -0.15) is 4.98 Å². The molecule has 166 valence electrons. The third-order valence-electron chi connectivity index (χ3n) is 4.34. The van der Waals surface area contributed by atoms with E-state index in [-0.39, 0.29) is 22.6 Å². The first-order valence-electron chi connectivity index (χ1n) is 10.0. The number of hydrogen-bond donors (Lipinski definition) is 3. The van der Waals surface area contributed by atoms with Crippen LogP contribution in [0.1, 0.15) is 16.1 Å². The maximum Gasteiger partial charge on any atom is 0.290 e. The van der Waals surface area contributed by atoms with Gasteiger partial charge in [0.25, 0.3) is 17.1 Å². The van der Waals surface area contributed by atoms with E-state index >= 15 is 0 Å². The number of imide groups is 1. The highest BCUT2D eigenvalue weighted by molar-refractivity contribution is 8.18. The molecular weight excluding hydrogens is 442 g/mol. The first kappa shape index (κ1) is 22.0. The van der Waals surface area contributed by atoms with Crippen LogP contribution in [0.15, 0.2) is 71.6 Å². The van der Waals surface area contributed by atoms with Gasteiger partial charge in [0.05, 0.1) is 10.6 Å². The molecule has 2 aromatic carbocycles. The number of carbonyl (C=O) groups is 3. The Balaban J connectivity index is 1.46. The highest BCUT2D eigenvalue weighted by Crippen LogP contribution is 2.27. The van der Waals surface area contributed by atoms with E-state index in [0.717, 1.165) is 11.8 Å². The van der Waals surface area contributed by atoms with Crippen LogP contribution in [-0.2, 0) is 4.79 Å². The Morgan fingerprint density at radius 2 is 1.73 bits per heavy atom. The molecule has 0 aliphatic carbocycles. The summed E-state index contributed by atoms with van der Waals surface area (Å²) in [5.74, 6) is 0.428. The summed E-state index contributed by atoms with van der Waals surface area (Å²) >= 11 is 0.799. The minimum Gasteiger partial charge on any atom is -0.439 e. The third-order valence-corrected chi connectivity index (χ3v) is 5.15. The maximum atomic E-state index is 12.2. The number of ether oxygens (including phenoxy) is 1. The van der Waals surface area contributed by atoms with Crippen LogP contribution in [0.25, 0.3) is 6.08 Å². The van der Waals surface area contributed by atoms with Gasteiger partial charge in [-0.3, -0.25) is 19.7 Å². The van der Waals surface area contributed by atoms with Gasteiger partial charge >= 0.3 is 0 Å². The number of hydrogen-bond acceptors (Lipinski definition) is 8. The van der Waals surface area contributed by atoms with Crippen LogP contribution in [0.3, 0.4) is 0 Å². The van der Waals surface area contributed by atoms with E-state index in [1.54, 1.807) is 42.5 Å². The van der Waals surface area contributed by atoms with E-state index < -0.39 is 11.1 Å². The molecule has 10 heteroatoms. The normalized spacial score (nSPS) is 14.1. The van der Waals surface area contributed by atoms with Gasteiger partial charge in [-0.15, -0.1) is 0 Å². The fourth-order valence-electron chi connectivity index (χ4n) is 2.85. The number of rotatable bonds is 8. The van der Waals surface area contributed by atoms with Gasteiger partial charge in [0.2, 0.25) is 11.8 Å². The Morgan fingerprint density at radius 1 is 1.00 bits per heavy atom. The second-order valence-electron chi connectivity index (χ2n) is 6.77. The Hall–Kier alpha value is -4.18.